The number of nitrogens with one attached hydrogen (secondary N) is 1. The van der Waals surface area contributed by atoms with Crippen LogP contribution in [-0.2, 0) is 10.8 Å². The summed E-state index contributed by atoms with van der Waals surface area (Å²) in [4.78, 5) is 0. The molecule has 3 atom stereocenters. The largest absolute Gasteiger partial charge is 0.307 e. The number of rotatable bonds is 1. The number of halogens is 1. The van der Waals surface area contributed by atoms with Crippen molar-refractivity contribution in [1.82, 2.24) is 5.32 Å². The van der Waals surface area contributed by atoms with Gasteiger partial charge in [0.05, 0.1) is 0 Å². The zero-order valence-corrected chi connectivity index (χ0v) is 10.1. The number of benzene rings is 1. The first-order chi connectivity index (χ1) is 7.65. The molecule has 1 heterocycles. The van der Waals surface area contributed by atoms with Gasteiger partial charge in [0.25, 0.3) is 0 Å². The molecule has 0 saturated carbocycles. The molecule has 2 nitrogen and oxygen atoms in total. The standard InChI is InChI=1S/C12H16FNOS/c1-9-5-6-16(15)8-12(14-9)10-3-2-4-11(13)7-10/h2-4,7,9,12,14H,5-6,8H2,1H3. The van der Waals surface area contributed by atoms with Crippen molar-refractivity contribution in [3.8, 4) is 0 Å². The van der Waals surface area contributed by atoms with Gasteiger partial charge in [-0.25, -0.2) is 4.39 Å². The molecule has 2 rings (SSSR count). The maximum atomic E-state index is 13.1. The van der Waals surface area contributed by atoms with Gasteiger partial charge in [0.1, 0.15) is 5.82 Å². The lowest BCUT2D eigenvalue weighted by Crippen LogP contribution is -2.30. The number of hydrogen-bond acceptors (Lipinski definition) is 2. The molecule has 0 amide bonds. The second-order valence-electron chi connectivity index (χ2n) is 4.27. The van der Waals surface area contributed by atoms with Crippen LogP contribution in [0.25, 0.3) is 0 Å². The molecule has 1 saturated heterocycles. The predicted octanol–water partition coefficient (Wildman–Crippen LogP) is 2.00. The summed E-state index contributed by atoms with van der Waals surface area (Å²) in [7, 11) is -0.800. The second kappa shape index (κ2) is 5.06. The predicted molar refractivity (Wildman–Crippen MR) is 64.2 cm³/mol. The highest BCUT2D eigenvalue weighted by Crippen LogP contribution is 2.19. The van der Waals surface area contributed by atoms with Crippen molar-refractivity contribution in [3.63, 3.8) is 0 Å². The third kappa shape index (κ3) is 2.89. The minimum absolute atomic E-state index is 0.00836. The van der Waals surface area contributed by atoms with Gasteiger partial charge >= 0.3 is 0 Å². The Morgan fingerprint density at radius 3 is 3.06 bits per heavy atom. The van der Waals surface area contributed by atoms with Gasteiger partial charge in [-0.15, -0.1) is 0 Å². The Kier molecular flexibility index (Phi) is 3.71. The van der Waals surface area contributed by atoms with Crippen LogP contribution in [0.15, 0.2) is 24.3 Å². The first-order valence-corrected chi connectivity index (χ1v) is 7.00. The molecule has 1 aliphatic heterocycles. The highest BCUT2D eigenvalue weighted by Gasteiger charge is 2.21. The molecular weight excluding hydrogens is 225 g/mol. The summed E-state index contributed by atoms with van der Waals surface area (Å²) in [5.74, 6) is 1.08. The van der Waals surface area contributed by atoms with Crippen LogP contribution in [0.1, 0.15) is 24.9 Å². The maximum Gasteiger partial charge on any atom is 0.123 e. The van der Waals surface area contributed by atoms with Crippen LogP contribution in [0.2, 0.25) is 0 Å². The normalized spacial score (nSPS) is 31.0. The summed E-state index contributed by atoms with van der Waals surface area (Å²) in [6.07, 6.45) is 0.915. The Hall–Kier alpha value is -0.740. The summed E-state index contributed by atoms with van der Waals surface area (Å²) < 4.78 is 24.8. The Morgan fingerprint density at radius 2 is 2.31 bits per heavy atom. The fourth-order valence-electron chi connectivity index (χ4n) is 1.97. The number of hydrogen-bond donors (Lipinski definition) is 1. The molecule has 3 unspecified atom stereocenters. The Morgan fingerprint density at radius 1 is 1.50 bits per heavy atom. The van der Waals surface area contributed by atoms with E-state index in [0.717, 1.165) is 17.7 Å². The lowest BCUT2D eigenvalue weighted by molar-refractivity contribution is 0.482. The van der Waals surface area contributed by atoms with Gasteiger partial charge in [0, 0.05) is 34.4 Å². The average Bonchev–Trinajstić information content (AvgIpc) is 2.41. The first kappa shape index (κ1) is 11.7. The van der Waals surface area contributed by atoms with E-state index in [2.05, 4.69) is 12.2 Å². The van der Waals surface area contributed by atoms with Crippen LogP contribution < -0.4 is 5.32 Å². The van der Waals surface area contributed by atoms with Crippen LogP contribution >= 0.6 is 0 Å². The molecule has 16 heavy (non-hydrogen) atoms. The molecule has 1 aliphatic rings. The van der Waals surface area contributed by atoms with Crippen molar-refractivity contribution in [1.29, 1.82) is 0 Å². The van der Waals surface area contributed by atoms with Gasteiger partial charge < -0.3 is 5.32 Å². The lowest BCUT2D eigenvalue weighted by Gasteiger charge is -2.19. The van der Waals surface area contributed by atoms with E-state index in [9.17, 15) is 8.60 Å². The van der Waals surface area contributed by atoms with E-state index in [1.807, 2.05) is 6.07 Å². The molecule has 1 aromatic carbocycles. The zero-order valence-electron chi connectivity index (χ0n) is 9.28. The minimum Gasteiger partial charge on any atom is -0.307 e. The van der Waals surface area contributed by atoms with Gasteiger partial charge in [-0.2, -0.15) is 0 Å². The van der Waals surface area contributed by atoms with E-state index in [1.54, 1.807) is 6.07 Å². The smallest absolute Gasteiger partial charge is 0.123 e. The molecule has 1 N–H and O–H groups in total. The Bertz CT molecular complexity index is 396. The third-order valence-electron chi connectivity index (χ3n) is 2.87. The molecular formula is C12H16FNOS. The molecule has 0 radical (unpaired) electrons. The van der Waals surface area contributed by atoms with E-state index in [4.69, 9.17) is 0 Å². The molecule has 0 spiro atoms. The van der Waals surface area contributed by atoms with Crippen molar-refractivity contribution in [2.75, 3.05) is 11.5 Å². The Labute approximate surface area is 97.7 Å². The van der Waals surface area contributed by atoms with E-state index in [-0.39, 0.29) is 11.9 Å². The molecule has 1 aromatic rings. The molecule has 88 valence electrons. The van der Waals surface area contributed by atoms with Gasteiger partial charge in [-0.3, -0.25) is 4.21 Å². The van der Waals surface area contributed by atoms with Gasteiger partial charge in [0.15, 0.2) is 0 Å². The van der Waals surface area contributed by atoms with Gasteiger partial charge in [-0.1, -0.05) is 12.1 Å². The van der Waals surface area contributed by atoms with Crippen molar-refractivity contribution in [3.05, 3.63) is 35.6 Å². The van der Waals surface area contributed by atoms with Gasteiger partial charge in [-0.05, 0) is 31.0 Å². The molecule has 0 bridgehead atoms. The maximum absolute atomic E-state index is 13.1. The fourth-order valence-corrected chi connectivity index (χ4v) is 3.41. The van der Waals surface area contributed by atoms with Gasteiger partial charge in [0.2, 0.25) is 0 Å². The molecule has 1 fully saturated rings. The van der Waals surface area contributed by atoms with E-state index in [0.29, 0.717) is 11.8 Å². The van der Waals surface area contributed by atoms with Crippen LogP contribution in [0.5, 0.6) is 0 Å². The van der Waals surface area contributed by atoms with Crippen LogP contribution in [0, 0.1) is 5.82 Å². The topological polar surface area (TPSA) is 29.1 Å². The monoisotopic (exact) mass is 241 g/mol. The second-order valence-corrected chi connectivity index (χ2v) is 5.90. The van der Waals surface area contributed by atoms with E-state index >= 15 is 0 Å². The molecule has 0 aromatic heterocycles. The zero-order chi connectivity index (χ0) is 11.5. The summed E-state index contributed by atoms with van der Waals surface area (Å²) >= 11 is 0. The summed E-state index contributed by atoms with van der Waals surface area (Å²) in [5.41, 5.74) is 0.891. The highest BCUT2D eigenvalue weighted by molar-refractivity contribution is 7.85. The van der Waals surface area contributed by atoms with E-state index in [1.165, 1.54) is 12.1 Å². The van der Waals surface area contributed by atoms with Crippen LogP contribution in [0.4, 0.5) is 4.39 Å². The first-order valence-electron chi connectivity index (χ1n) is 5.51. The summed E-state index contributed by atoms with van der Waals surface area (Å²) in [5, 5.41) is 3.39. The quantitative estimate of drug-likeness (QED) is 0.814. The van der Waals surface area contributed by atoms with Crippen LogP contribution in [0.3, 0.4) is 0 Å². The fraction of sp³-hybridized carbons (Fsp3) is 0.500. The van der Waals surface area contributed by atoms with Crippen molar-refractivity contribution < 1.29 is 8.60 Å². The average molecular weight is 241 g/mol. The molecule has 0 aliphatic carbocycles. The lowest BCUT2D eigenvalue weighted by atomic mass is 10.1. The summed E-state index contributed by atoms with van der Waals surface area (Å²) in [6.45, 7) is 2.08. The van der Waals surface area contributed by atoms with Crippen molar-refractivity contribution >= 4 is 10.8 Å². The highest BCUT2D eigenvalue weighted by atomic mass is 32.2. The summed E-state index contributed by atoms with van der Waals surface area (Å²) in [6, 6.07) is 6.88. The Balaban J connectivity index is 2.21. The van der Waals surface area contributed by atoms with Crippen molar-refractivity contribution in [2.24, 2.45) is 0 Å². The van der Waals surface area contributed by atoms with Crippen LogP contribution in [-0.4, -0.2) is 21.8 Å². The SMILES string of the molecule is CC1CCS(=O)CC(c2cccc(F)c2)N1. The molecule has 4 heteroatoms. The third-order valence-corrected chi connectivity index (χ3v) is 4.26. The van der Waals surface area contributed by atoms with Crippen molar-refractivity contribution in [2.45, 2.75) is 25.4 Å². The minimum atomic E-state index is -0.800. The van der Waals surface area contributed by atoms with E-state index < -0.39 is 10.8 Å².